The molecule has 4 nitrogen and oxygen atoms in total. The maximum absolute atomic E-state index is 12.3. The van der Waals surface area contributed by atoms with Gasteiger partial charge in [-0.15, -0.1) is 12.4 Å². The molecule has 0 aromatic heterocycles. The molecule has 0 spiro atoms. The number of para-hydroxylation sites is 1. The predicted molar refractivity (Wildman–Crippen MR) is 102 cm³/mol. The zero-order valence-electron chi connectivity index (χ0n) is 14.6. The first kappa shape index (κ1) is 19.3. The number of nitrogens with two attached hydrogens (primary N) is 1. The van der Waals surface area contributed by atoms with Crippen molar-refractivity contribution in [3.8, 4) is 5.75 Å². The highest BCUT2D eigenvalue weighted by Gasteiger charge is 2.28. The summed E-state index contributed by atoms with van der Waals surface area (Å²) in [4.78, 5) is 12.3. The van der Waals surface area contributed by atoms with E-state index in [9.17, 15) is 4.79 Å². The predicted octanol–water partition coefficient (Wildman–Crippen LogP) is 3.35. The van der Waals surface area contributed by atoms with E-state index in [4.69, 9.17) is 10.5 Å². The van der Waals surface area contributed by atoms with Gasteiger partial charge in [0.15, 0.2) is 6.10 Å². The molecule has 0 saturated carbocycles. The van der Waals surface area contributed by atoms with Crippen molar-refractivity contribution in [1.82, 2.24) is 5.32 Å². The van der Waals surface area contributed by atoms with Crippen LogP contribution in [0.4, 0.5) is 0 Å². The van der Waals surface area contributed by atoms with Crippen molar-refractivity contribution >= 4 is 18.3 Å². The SMILES string of the molecule is CC(C)c1ccc(C(N)CNC(=O)C2Cc3ccccc3O2)cc1.Cl. The highest BCUT2D eigenvalue weighted by atomic mass is 35.5. The van der Waals surface area contributed by atoms with Crippen LogP contribution < -0.4 is 15.8 Å². The minimum absolute atomic E-state index is 0. The van der Waals surface area contributed by atoms with Gasteiger partial charge in [0.25, 0.3) is 5.91 Å². The minimum atomic E-state index is -0.460. The summed E-state index contributed by atoms with van der Waals surface area (Å²) in [6.45, 7) is 4.72. The molecule has 134 valence electrons. The molecule has 2 atom stereocenters. The second-order valence-electron chi connectivity index (χ2n) is 6.59. The smallest absolute Gasteiger partial charge is 0.261 e. The summed E-state index contributed by atoms with van der Waals surface area (Å²) >= 11 is 0. The molecule has 2 aromatic carbocycles. The van der Waals surface area contributed by atoms with Gasteiger partial charge in [0.05, 0.1) is 0 Å². The molecule has 1 aliphatic heterocycles. The van der Waals surface area contributed by atoms with Crippen molar-refractivity contribution < 1.29 is 9.53 Å². The fraction of sp³-hybridized carbons (Fsp3) is 0.350. The summed E-state index contributed by atoms with van der Waals surface area (Å²) in [7, 11) is 0. The van der Waals surface area contributed by atoms with Crippen LogP contribution in [-0.2, 0) is 11.2 Å². The maximum Gasteiger partial charge on any atom is 0.261 e. The van der Waals surface area contributed by atoms with Crippen molar-refractivity contribution in [3.05, 3.63) is 65.2 Å². The van der Waals surface area contributed by atoms with E-state index in [0.29, 0.717) is 18.9 Å². The fourth-order valence-electron chi connectivity index (χ4n) is 2.90. The topological polar surface area (TPSA) is 64.3 Å². The lowest BCUT2D eigenvalue weighted by atomic mass is 9.99. The van der Waals surface area contributed by atoms with Crippen LogP contribution in [0.15, 0.2) is 48.5 Å². The average molecular weight is 361 g/mol. The third-order valence-electron chi connectivity index (χ3n) is 4.47. The molecular weight excluding hydrogens is 336 g/mol. The van der Waals surface area contributed by atoms with Crippen molar-refractivity contribution in [2.75, 3.05) is 6.54 Å². The van der Waals surface area contributed by atoms with E-state index in [1.165, 1.54) is 5.56 Å². The van der Waals surface area contributed by atoms with Gasteiger partial charge < -0.3 is 15.8 Å². The summed E-state index contributed by atoms with van der Waals surface area (Å²) in [6, 6.07) is 15.8. The third-order valence-corrected chi connectivity index (χ3v) is 4.47. The molecule has 5 heteroatoms. The number of ether oxygens (including phenoxy) is 1. The van der Waals surface area contributed by atoms with Crippen molar-refractivity contribution in [1.29, 1.82) is 0 Å². The van der Waals surface area contributed by atoms with Gasteiger partial charge >= 0.3 is 0 Å². The standard InChI is InChI=1S/C20H24N2O2.ClH/c1-13(2)14-7-9-15(10-8-14)17(21)12-22-20(23)19-11-16-5-3-4-6-18(16)24-19;/h3-10,13,17,19H,11-12,21H2,1-2H3,(H,22,23);1H. The number of amides is 1. The van der Waals surface area contributed by atoms with E-state index in [1.807, 2.05) is 36.4 Å². The average Bonchev–Trinajstić information content (AvgIpc) is 3.03. The number of hydrogen-bond acceptors (Lipinski definition) is 3. The second kappa shape index (κ2) is 8.37. The Hall–Kier alpha value is -2.04. The Morgan fingerprint density at radius 2 is 1.80 bits per heavy atom. The van der Waals surface area contributed by atoms with Crippen LogP contribution in [0.2, 0.25) is 0 Å². The number of halogens is 1. The zero-order valence-corrected chi connectivity index (χ0v) is 15.4. The molecule has 25 heavy (non-hydrogen) atoms. The second-order valence-corrected chi connectivity index (χ2v) is 6.59. The number of nitrogens with one attached hydrogen (secondary N) is 1. The monoisotopic (exact) mass is 360 g/mol. The van der Waals surface area contributed by atoms with Crippen molar-refractivity contribution in [2.45, 2.75) is 38.3 Å². The molecule has 0 fully saturated rings. The molecule has 0 saturated heterocycles. The van der Waals surface area contributed by atoms with Gasteiger partial charge in [-0.3, -0.25) is 4.79 Å². The summed E-state index contributed by atoms with van der Waals surface area (Å²) in [6.07, 6.45) is 0.151. The lowest BCUT2D eigenvalue weighted by Gasteiger charge is -2.16. The van der Waals surface area contributed by atoms with Gasteiger partial charge in [-0.2, -0.15) is 0 Å². The third kappa shape index (κ3) is 4.53. The van der Waals surface area contributed by atoms with Gasteiger partial charge in [-0.25, -0.2) is 0 Å². The molecule has 2 aromatic rings. The van der Waals surface area contributed by atoms with Gasteiger partial charge in [0.1, 0.15) is 5.75 Å². The molecular formula is C20H25ClN2O2. The molecule has 1 heterocycles. The Morgan fingerprint density at radius 1 is 1.16 bits per heavy atom. The van der Waals surface area contributed by atoms with Crippen molar-refractivity contribution in [2.24, 2.45) is 5.73 Å². The molecule has 2 unspecified atom stereocenters. The first-order valence-electron chi connectivity index (χ1n) is 8.42. The highest BCUT2D eigenvalue weighted by Crippen LogP contribution is 2.28. The summed E-state index contributed by atoms with van der Waals surface area (Å²) in [5.41, 5.74) is 9.58. The van der Waals surface area contributed by atoms with E-state index in [-0.39, 0.29) is 24.4 Å². The van der Waals surface area contributed by atoms with Gasteiger partial charge in [-0.1, -0.05) is 56.3 Å². The van der Waals surface area contributed by atoms with Crippen molar-refractivity contribution in [3.63, 3.8) is 0 Å². The number of rotatable bonds is 5. The number of carbonyl (C=O) groups excluding carboxylic acids is 1. The molecule has 0 aliphatic carbocycles. The number of hydrogen-bond donors (Lipinski definition) is 2. The van der Waals surface area contributed by atoms with E-state index in [0.717, 1.165) is 16.9 Å². The van der Waals surface area contributed by atoms with E-state index in [2.05, 4.69) is 31.3 Å². The number of carbonyl (C=O) groups is 1. The summed E-state index contributed by atoms with van der Waals surface area (Å²) in [5.74, 6) is 1.18. The summed E-state index contributed by atoms with van der Waals surface area (Å²) < 4.78 is 5.70. The van der Waals surface area contributed by atoms with Crippen LogP contribution in [0, 0.1) is 0 Å². The minimum Gasteiger partial charge on any atom is -0.480 e. The van der Waals surface area contributed by atoms with Gasteiger partial charge in [-0.05, 0) is 28.7 Å². The van der Waals surface area contributed by atoms with Gasteiger partial charge in [0, 0.05) is 19.0 Å². The Bertz CT molecular complexity index is 691. The Labute approximate surface area is 155 Å². The first-order chi connectivity index (χ1) is 11.5. The van der Waals surface area contributed by atoms with Crippen LogP contribution >= 0.6 is 12.4 Å². The van der Waals surface area contributed by atoms with Gasteiger partial charge in [0.2, 0.25) is 0 Å². The number of fused-ring (bicyclic) bond motifs is 1. The molecule has 0 bridgehead atoms. The normalized spacial score (nSPS) is 16.6. The van der Waals surface area contributed by atoms with E-state index < -0.39 is 6.10 Å². The molecule has 1 aliphatic rings. The summed E-state index contributed by atoms with van der Waals surface area (Å²) in [5, 5.41) is 2.91. The van der Waals surface area contributed by atoms with Crippen LogP contribution in [0.1, 0.15) is 42.5 Å². The quantitative estimate of drug-likeness (QED) is 0.859. The first-order valence-corrected chi connectivity index (χ1v) is 8.42. The van der Waals surface area contributed by atoms with E-state index in [1.54, 1.807) is 0 Å². The number of benzene rings is 2. The molecule has 3 N–H and O–H groups in total. The Kier molecular flexibility index (Phi) is 6.45. The maximum atomic E-state index is 12.3. The largest absolute Gasteiger partial charge is 0.480 e. The zero-order chi connectivity index (χ0) is 17.1. The van der Waals surface area contributed by atoms with Crippen LogP contribution in [-0.4, -0.2) is 18.6 Å². The van der Waals surface area contributed by atoms with Crippen LogP contribution in [0.5, 0.6) is 5.75 Å². The molecule has 3 rings (SSSR count). The fourth-order valence-corrected chi connectivity index (χ4v) is 2.90. The van der Waals surface area contributed by atoms with E-state index >= 15 is 0 Å². The Balaban J connectivity index is 0.00000225. The molecule has 0 radical (unpaired) electrons. The lowest BCUT2D eigenvalue weighted by molar-refractivity contribution is -0.127. The van der Waals surface area contributed by atoms with Crippen LogP contribution in [0.3, 0.4) is 0 Å². The van der Waals surface area contributed by atoms with Crippen LogP contribution in [0.25, 0.3) is 0 Å². The highest BCUT2D eigenvalue weighted by molar-refractivity contribution is 5.85. The Morgan fingerprint density at radius 3 is 2.44 bits per heavy atom. The molecule has 1 amide bonds. The lowest BCUT2D eigenvalue weighted by Crippen LogP contribution is -2.40.